The number of nitrogens with two attached hydrogens (primary N) is 1. The highest BCUT2D eigenvalue weighted by Gasteiger charge is 2.31. The number of nitrogen functional groups attached to an aromatic ring is 1. The Morgan fingerprint density at radius 2 is 1.91 bits per heavy atom. The molecular weight excluding hydrogens is 485 g/mol. The number of anilines is 1. The molecule has 5 nitrogen and oxygen atoms in total. The molecule has 0 saturated heterocycles. The molecular formula is C23H24BrF3N4O. The zero-order chi connectivity index (χ0) is 23.6. The van der Waals surface area contributed by atoms with Crippen LogP contribution in [0.2, 0.25) is 0 Å². The van der Waals surface area contributed by atoms with E-state index in [0.29, 0.717) is 33.5 Å². The van der Waals surface area contributed by atoms with E-state index in [0.717, 1.165) is 17.6 Å². The summed E-state index contributed by atoms with van der Waals surface area (Å²) in [6, 6.07) is 9.16. The molecule has 0 aliphatic carbocycles. The van der Waals surface area contributed by atoms with Crippen LogP contribution in [0.25, 0.3) is 10.9 Å². The van der Waals surface area contributed by atoms with E-state index >= 15 is 0 Å². The minimum Gasteiger partial charge on any atom is -0.383 e. The maximum absolute atomic E-state index is 13.5. The normalized spacial score (nSPS) is 12.9. The molecule has 2 aromatic heterocycles. The van der Waals surface area contributed by atoms with E-state index in [9.17, 15) is 18.0 Å². The summed E-state index contributed by atoms with van der Waals surface area (Å²) < 4.78 is 39.3. The van der Waals surface area contributed by atoms with E-state index in [1.807, 2.05) is 20.8 Å². The van der Waals surface area contributed by atoms with Crippen LogP contribution in [0.3, 0.4) is 0 Å². The molecule has 0 fully saturated rings. The Bertz CT molecular complexity index is 1120. The summed E-state index contributed by atoms with van der Waals surface area (Å²) in [6.45, 7) is 6.11. The number of fused-ring (bicyclic) bond motifs is 1. The number of benzene rings is 1. The van der Waals surface area contributed by atoms with Gasteiger partial charge in [0.2, 0.25) is 0 Å². The smallest absolute Gasteiger partial charge is 0.383 e. The van der Waals surface area contributed by atoms with Gasteiger partial charge in [-0.3, -0.25) is 9.78 Å². The number of carbonyl (C=O) groups is 1. The van der Waals surface area contributed by atoms with Crippen LogP contribution in [0.4, 0.5) is 19.0 Å². The van der Waals surface area contributed by atoms with Gasteiger partial charge in [-0.2, -0.15) is 13.2 Å². The van der Waals surface area contributed by atoms with Crippen LogP contribution in [-0.4, -0.2) is 26.8 Å². The van der Waals surface area contributed by atoms with Crippen LogP contribution in [0.15, 0.2) is 47.1 Å². The van der Waals surface area contributed by atoms with Gasteiger partial charge in [-0.05, 0) is 64.7 Å². The van der Waals surface area contributed by atoms with Crippen molar-refractivity contribution in [2.75, 3.05) is 5.73 Å². The maximum atomic E-state index is 13.5. The number of hydrogen-bond donors (Lipinski definition) is 1. The first-order valence-corrected chi connectivity index (χ1v) is 11.0. The summed E-state index contributed by atoms with van der Waals surface area (Å²) >= 11 is 3.35. The van der Waals surface area contributed by atoms with Crippen LogP contribution < -0.4 is 5.73 Å². The van der Waals surface area contributed by atoms with E-state index in [1.54, 1.807) is 29.2 Å². The summed E-state index contributed by atoms with van der Waals surface area (Å²) in [6.07, 6.45) is -2.96. The van der Waals surface area contributed by atoms with Crippen LogP contribution >= 0.6 is 15.9 Å². The van der Waals surface area contributed by atoms with Crippen molar-refractivity contribution in [3.05, 3.63) is 63.9 Å². The highest BCUT2D eigenvalue weighted by molar-refractivity contribution is 9.10. The molecule has 2 N–H and O–H groups in total. The lowest BCUT2D eigenvalue weighted by Gasteiger charge is -2.34. The lowest BCUT2D eigenvalue weighted by molar-refractivity contribution is -0.137. The van der Waals surface area contributed by atoms with Crippen LogP contribution in [0.1, 0.15) is 48.8 Å². The average molecular weight is 509 g/mol. The molecule has 0 radical (unpaired) electrons. The van der Waals surface area contributed by atoms with Gasteiger partial charge in [-0.1, -0.05) is 20.8 Å². The van der Waals surface area contributed by atoms with E-state index in [4.69, 9.17) is 5.73 Å². The van der Waals surface area contributed by atoms with Crippen LogP contribution in [0.5, 0.6) is 0 Å². The first kappa shape index (κ1) is 24.0. The second-order valence-electron chi connectivity index (χ2n) is 7.95. The highest BCUT2D eigenvalue weighted by atomic mass is 79.9. The second-order valence-corrected chi connectivity index (χ2v) is 8.81. The molecule has 0 aliphatic rings. The van der Waals surface area contributed by atoms with Gasteiger partial charge in [0.1, 0.15) is 5.82 Å². The third-order valence-corrected chi connectivity index (χ3v) is 6.01. The number of halogens is 4. The molecule has 2 heterocycles. The van der Waals surface area contributed by atoms with Crippen molar-refractivity contribution >= 4 is 38.6 Å². The molecule has 32 heavy (non-hydrogen) atoms. The number of nitrogens with zero attached hydrogens (tertiary/aromatic N) is 3. The standard InChI is InChI=1S/C23H24BrF3N4O/c1-4-20(13(2)3)31(12-17-7-6-16(11-29-17)23(25,26)27)22(32)14-5-8-19-15(9-14)10-18(24)21(28)30-19/h5-11,13,20H,4,12H2,1-3H3,(H2,28,30). The number of aromatic nitrogens is 2. The third-order valence-electron chi connectivity index (χ3n) is 5.38. The Kier molecular flexibility index (Phi) is 7.07. The van der Waals surface area contributed by atoms with E-state index in [-0.39, 0.29) is 24.4 Å². The van der Waals surface area contributed by atoms with Crippen molar-refractivity contribution < 1.29 is 18.0 Å². The molecule has 3 rings (SSSR count). The Hall–Kier alpha value is -2.68. The van der Waals surface area contributed by atoms with Gasteiger partial charge in [-0.15, -0.1) is 0 Å². The predicted molar refractivity (Wildman–Crippen MR) is 122 cm³/mol. The number of pyridine rings is 2. The lowest BCUT2D eigenvalue weighted by Crippen LogP contribution is -2.42. The molecule has 1 atom stereocenters. The third kappa shape index (κ3) is 5.20. The number of hydrogen-bond acceptors (Lipinski definition) is 4. The van der Waals surface area contributed by atoms with Crippen molar-refractivity contribution in [3.8, 4) is 0 Å². The molecule has 9 heteroatoms. The van der Waals surface area contributed by atoms with Gasteiger partial charge in [0, 0.05) is 23.2 Å². The summed E-state index contributed by atoms with van der Waals surface area (Å²) in [7, 11) is 0. The molecule has 1 amide bonds. The molecule has 170 valence electrons. The first-order valence-electron chi connectivity index (χ1n) is 10.2. The van der Waals surface area contributed by atoms with Crippen molar-refractivity contribution in [1.29, 1.82) is 0 Å². The number of rotatable bonds is 6. The van der Waals surface area contributed by atoms with Crippen molar-refractivity contribution in [2.24, 2.45) is 5.92 Å². The molecule has 0 aliphatic heterocycles. The van der Waals surface area contributed by atoms with Gasteiger partial charge >= 0.3 is 6.18 Å². The summed E-state index contributed by atoms with van der Waals surface area (Å²) in [5.74, 6) is 0.286. The molecule has 1 unspecified atom stereocenters. The largest absolute Gasteiger partial charge is 0.417 e. The second kappa shape index (κ2) is 9.44. The first-order chi connectivity index (χ1) is 15.0. The fraction of sp³-hybridized carbons (Fsp3) is 0.348. The van der Waals surface area contributed by atoms with Gasteiger partial charge in [-0.25, -0.2) is 4.98 Å². The molecule has 0 bridgehead atoms. The van der Waals surface area contributed by atoms with Crippen molar-refractivity contribution in [2.45, 2.75) is 46.0 Å². The van der Waals surface area contributed by atoms with Gasteiger partial charge in [0.25, 0.3) is 5.91 Å². The average Bonchev–Trinajstić information content (AvgIpc) is 2.73. The highest BCUT2D eigenvalue weighted by Crippen LogP contribution is 2.29. The summed E-state index contributed by atoms with van der Waals surface area (Å²) in [4.78, 5) is 23.5. The van der Waals surface area contributed by atoms with Crippen LogP contribution in [-0.2, 0) is 12.7 Å². The Morgan fingerprint density at radius 1 is 1.19 bits per heavy atom. The molecule has 0 spiro atoms. The Labute approximate surface area is 193 Å². The molecule has 3 aromatic rings. The van der Waals surface area contributed by atoms with E-state index in [1.165, 1.54) is 6.07 Å². The fourth-order valence-electron chi connectivity index (χ4n) is 3.72. The molecule has 0 saturated carbocycles. The quantitative estimate of drug-likeness (QED) is 0.438. The Balaban J connectivity index is 1.97. The van der Waals surface area contributed by atoms with Gasteiger partial charge in [0.15, 0.2) is 0 Å². The fourth-order valence-corrected chi connectivity index (χ4v) is 4.05. The number of carbonyl (C=O) groups excluding carboxylic acids is 1. The topological polar surface area (TPSA) is 72.1 Å². The monoisotopic (exact) mass is 508 g/mol. The van der Waals surface area contributed by atoms with Crippen molar-refractivity contribution in [1.82, 2.24) is 14.9 Å². The predicted octanol–water partition coefficient (Wildman–Crippen LogP) is 6.07. The zero-order valence-corrected chi connectivity index (χ0v) is 19.5. The lowest BCUT2D eigenvalue weighted by atomic mass is 9.98. The summed E-state index contributed by atoms with van der Waals surface area (Å²) in [5.41, 5.74) is 6.53. The zero-order valence-electron chi connectivity index (χ0n) is 17.9. The minimum atomic E-state index is -4.46. The summed E-state index contributed by atoms with van der Waals surface area (Å²) in [5, 5.41) is 0.752. The number of alkyl halides is 3. The van der Waals surface area contributed by atoms with E-state index < -0.39 is 11.7 Å². The maximum Gasteiger partial charge on any atom is 0.417 e. The van der Waals surface area contributed by atoms with Crippen molar-refractivity contribution in [3.63, 3.8) is 0 Å². The SMILES string of the molecule is CCC(C(C)C)N(Cc1ccc(C(F)(F)F)cn1)C(=O)c1ccc2nc(N)c(Br)cc2c1. The van der Waals surface area contributed by atoms with E-state index in [2.05, 4.69) is 25.9 Å². The Morgan fingerprint density at radius 3 is 2.47 bits per heavy atom. The van der Waals surface area contributed by atoms with Crippen LogP contribution in [0, 0.1) is 5.92 Å². The van der Waals surface area contributed by atoms with Gasteiger partial charge < -0.3 is 10.6 Å². The number of amides is 1. The van der Waals surface area contributed by atoms with Gasteiger partial charge in [0.05, 0.1) is 27.8 Å². The molecule has 1 aromatic carbocycles. The minimum absolute atomic E-state index is 0.107.